The molecule has 206 valence electrons. The summed E-state index contributed by atoms with van der Waals surface area (Å²) < 4.78 is 19.8. The Balaban J connectivity index is 1.31. The number of aromatic nitrogens is 3. The molecule has 3 aromatic rings. The lowest BCUT2D eigenvalue weighted by Crippen LogP contribution is -2.53. The number of carbonyl (C=O) groups is 2. The van der Waals surface area contributed by atoms with Crippen LogP contribution >= 0.6 is 0 Å². The van der Waals surface area contributed by atoms with Gasteiger partial charge in [-0.25, -0.2) is 13.9 Å². The number of methoxy groups -OCH3 is 1. The van der Waals surface area contributed by atoms with Crippen LogP contribution in [0, 0.1) is 5.82 Å². The van der Waals surface area contributed by atoms with Crippen LogP contribution in [0.1, 0.15) is 53.8 Å². The maximum Gasteiger partial charge on any atom is 0.360 e. The number of piperazine rings is 1. The van der Waals surface area contributed by atoms with E-state index in [1.165, 1.54) is 24.8 Å². The van der Waals surface area contributed by atoms with Crippen molar-refractivity contribution in [2.75, 3.05) is 44.7 Å². The van der Waals surface area contributed by atoms with E-state index in [1.54, 1.807) is 23.0 Å². The second kappa shape index (κ2) is 11.5. The number of hydrogen-bond donors (Lipinski definition) is 0. The molecule has 2 aromatic carbocycles. The van der Waals surface area contributed by atoms with Crippen molar-refractivity contribution in [1.29, 1.82) is 0 Å². The fourth-order valence-corrected chi connectivity index (χ4v) is 5.45. The Morgan fingerprint density at radius 3 is 2.36 bits per heavy atom. The summed E-state index contributed by atoms with van der Waals surface area (Å²) in [7, 11) is 1.31. The molecule has 0 bridgehead atoms. The summed E-state index contributed by atoms with van der Waals surface area (Å²) in [4.78, 5) is 32.1. The quantitative estimate of drug-likeness (QED) is 0.429. The van der Waals surface area contributed by atoms with Gasteiger partial charge in [0.05, 0.1) is 25.4 Å². The maximum absolute atomic E-state index is 13.9. The van der Waals surface area contributed by atoms with E-state index in [9.17, 15) is 14.0 Å². The van der Waals surface area contributed by atoms with Crippen LogP contribution < -0.4 is 4.90 Å². The number of ether oxygens (including phenoxy) is 1. The van der Waals surface area contributed by atoms with Crippen molar-refractivity contribution < 1.29 is 18.7 Å². The zero-order chi connectivity index (χ0) is 27.5. The van der Waals surface area contributed by atoms with Crippen molar-refractivity contribution in [3.63, 3.8) is 0 Å². The SMILES string of the molecule is COC(=O)c1cn([C@@H]2C[C@@H](C(=O)N3CCN(c4ccc(F)cc4)CC3)N(Cc3ccc(C(C)C)cc3)C2)nn1. The number of nitrogens with zero attached hydrogens (tertiary/aromatic N) is 6. The molecule has 39 heavy (non-hydrogen) atoms. The Morgan fingerprint density at radius 2 is 1.72 bits per heavy atom. The van der Waals surface area contributed by atoms with E-state index in [1.807, 2.05) is 4.90 Å². The molecule has 0 radical (unpaired) electrons. The van der Waals surface area contributed by atoms with Gasteiger partial charge in [0.25, 0.3) is 0 Å². The van der Waals surface area contributed by atoms with Crippen LogP contribution in [0.3, 0.4) is 0 Å². The van der Waals surface area contributed by atoms with Gasteiger partial charge in [-0.15, -0.1) is 5.10 Å². The molecule has 0 spiro atoms. The van der Waals surface area contributed by atoms with E-state index in [4.69, 9.17) is 4.74 Å². The van der Waals surface area contributed by atoms with Crippen LogP contribution in [-0.4, -0.2) is 82.5 Å². The standard InChI is InChI=1S/C29H35FN6O3/c1-20(2)22-6-4-21(5-7-22)17-35-18-25(36-19-26(31-32-36)29(38)39-3)16-27(35)28(37)34-14-12-33(13-15-34)24-10-8-23(30)9-11-24/h4-11,19-20,25,27H,12-18H2,1-3H3/t25-,27+/m1/s1. The third kappa shape index (κ3) is 5.95. The summed E-state index contributed by atoms with van der Waals surface area (Å²) in [5.41, 5.74) is 3.54. The summed E-state index contributed by atoms with van der Waals surface area (Å²) in [6.07, 6.45) is 2.17. The largest absolute Gasteiger partial charge is 0.464 e. The molecule has 2 atom stereocenters. The van der Waals surface area contributed by atoms with Crippen molar-refractivity contribution in [3.8, 4) is 0 Å². The number of rotatable bonds is 7. The average molecular weight is 535 g/mol. The summed E-state index contributed by atoms with van der Waals surface area (Å²) >= 11 is 0. The van der Waals surface area contributed by atoms with Crippen molar-refractivity contribution in [1.82, 2.24) is 24.8 Å². The molecule has 0 aliphatic carbocycles. The molecule has 0 unspecified atom stereocenters. The van der Waals surface area contributed by atoms with Crippen LogP contribution in [0.4, 0.5) is 10.1 Å². The van der Waals surface area contributed by atoms with Gasteiger partial charge < -0.3 is 14.5 Å². The molecule has 5 rings (SSSR count). The molecule has 10 heteroatoms. The van der Waals surface area contributed by atoms with Crippen molar-refractivity contribution in [2.24, 2.45) is 0 Å². The van der Waals surface area contributed by atoms with Crippen LogP contribution in [0.5, 0.6) is 0 Å². The average Bonchev–Trinajstić information content (AvgIpc) is 3.61. The number of carbonyl (C=O) groups excluding carboxylic acids is 2. The first-order valence-electron chi connectivity index (χ1n) is 13.4. The molecule has 9 nitrogen and oxygen atoms in total. The zero-order valence-corrected chi connectivity index (χ0v) is 22.7. The van der Waals surface area contributed by atoms with Gasteiger partial charge in [0.1, 0.15) is 5.82 Å². The number of esters is 1. The van der Waals surface area contributed by atoms with Gasteiger partial charge in [-0.1, -0.05) is 43.3 Å². The second-order valence-electron chi connectivity index (χ2n) is 10.6. The molecular formula is C29H35FN6O3. The van der Waals surface area contributed by atoms with Gasteiger partial charge in [0.15, 0.2) is 5.69 Å². The van der Waals surface area contributed by atoms with Crippen molar-refractivity contribution in [3.05, 3.63) is 77.4 Å². The summed E-state index contributed by atoms with van der Waals surface area (Å²) in [6.45, 7) is 8.18. The number of anilines is 1. The highest BCUT2D eigenvalue weighted by atomic mass is 19.1. The third-order valence-electron chi connectivity index (χ3n) is 7.76. The van der Waals surface area contributed by atoms with Crippen LogP contribution in [-0.2, 0) is 16.1 Å². The van der Waals surface area contributed by atoms with Gasteiger partial charge in [0, 0.05) is 45.0 Å². The fraction of sp³-hybridized carbons (Fsp3) is 0.448. The third-order valence-corrected chi connectivity index (χ3v) is 7.76. The van der Waals surface area contributed by atoms with E-state index in [0.29, 0.717) is 51.6 Å². The van der Waals surface area contributed by atoms with Crippen molar-refractivity contribution in [2.45, 2.75) is 44.8 Å². The maximum atomic E-state index is 13.9. The molecule has 2 fully saturated rings. The summed E-state index contributed by atoms with van der Waals surface area (Å²) in [5.74, 6) is -0.237. The Morgan fingerprint density at radius 1 is 1.03 bits per heavy atom. The fourth-order valence-electron chi connectivity index (χ4n) is 5.45. The molecule has 1 aromatic heterocycles. The van der Waals surface area contributed by atoms with Gasteiger partial charge in [-0.2, -0.15) is 0 Å². The minimum absolute atomic E-state index is 0.0969. The lowest BCUT2D eigenvalue weighted by molar-refractivity contribution is -0.136. The number of hydrogen-bond acceptors (Lipinski definition) is 7. The molecule has 2 saturated heterocycles. The van der Waals surface area contributed by atoms with E-state index in [0.717, 1.165) is 11.3 Å². The molecular weight excluding hydrogens is 499 g/mol. The summed E-state index contributed by atoms with van der Waals surface area (Å²) in [5, 5.41) is 8.14. The molecule has 2 aliphatic rings. The Kier molecular flexibility index (Phi) is 7.92. The lowest BCUT2D eigenvalue weighted by Gasteiger charge is -2.38. The van der Waals surface area contributed by atoms with Crippen molar-refractivity contribution >= 4 is 17.6 Å². The summed E-state index contributed by atoms with van der Waals surface area (Å²) in [6, 6.07) is 14.6. The second-order valence-corrected chi connectivity index (χ2v) is 10.6. The first-order chi connectivity index (χ1) is 18.8. The monoisotopic (exact) mass is 534 g/mol. The van der Waals surface area contributed by atoms with Gasteiger partial charge >= 0.3 is 5.97 Å². The number of benzene rings is 2. The highest BCUT2D eigenvalue weighted by molar-refractivity contribution is 5.86. The minimum Gasteiger partial charge on any atom is -0.464 e. The van der Waals surface area contributed by atoms with E-state index in [-0.39, 0.29) is 29.5 Å². The predicted octanol–water partition coefficient (Wildman–Crippen LogP) is 3.49. The smallest absolute Gasteiger partial charge is 0.360 e. The lowest BCUT2D eigenvalue weighted by atomic mass is 10.0. The molecule has 0 N–H and O–H groups in total. The number of halogens is 1. The molecule has 0 saturated carbocycles. The minimum atomic E-state index is -0.534. The van der Waals surface area contributed by atoms with E-state index < -0.39 is 5.97 Å². The molecule has 1 amide bonds. The highest BCUT2D eigenvalue weighted by Gasteiger charge is 2.40. The normalized spacial score (nSPS) is 20.0. The Bertz CT molecular complexity index is 1290. The van der Waals surface area contributed by atoms with Crippen LogP contribution in [0.2, 0.25) is 0 Å². The van der Waals surface area contributed by atoms with Gasteiger partial charge in [-0.3, -0.25) is 9.69 Å². The number of amides is 1. The molecule has 3 heterocycles. The first kappa shape index (κ1) is 26.8. The van der Waals surface area contributed by atoms with Crippen LogP contribution in [0.25, 0.3) is 0 Å². The molecule has 2 aliphatic heterocycles. The Hall–Kier alpha value is -3.79. The van der Waals surface area contributed by atoms with E-state index >= 15 is 0 Å². The van der Waals surface area contributed by atoms with Gasteiger partial charge in [-0.05, 0) is 47.7 Å². The predicted molar refractivity (Wildman–Crippen MR) is 145 cm³/mol. The number of likely N-dealkylation sites (tertiary alicyclic amines) is 1. The van der Waals surface area contributed by atoms with Gasteiger partial charge in [0.2, 0.25) is 5.91 Å². The highest BCUT2D eigenvalue weighted by Crippen LogP contribution is 2.31. The zero-order valence-electron chi connectivity index (χ0n) is 22.7. The Labute approximate surface area is 228 Å². The van der Waals surface area contributed by atoms with Crippen LogP contribution in [0.15, 0.2) is 54.7 Å². The first-order valence-corrected chi connectivity index (χ1v) is 13.4. The van der Waals surface area contributed by atoms with E-state index in [2.05, 4.69) is 58.2 Å². The topological polar surface area (TPSA) is 83.8 Å².